The molecule has 0 spiro atoms. The van der Waals surface area contributed by atoms with Crippen molar-refractivity contribution in [3.05, 3.63) is 47.3 Å². The summed E-state index contributed by atoms with van der Waals surface area (Å²) in [5, 5.41) is 12.7. The zero-order valence-corrected chi connectivity index (χ0v) is 18.4. The van der Waals surface area contributed by atoms with E-state index in [0.717, 1.165) is 18.5 Å². The van der Waals surface area contributed by atoms with Crippen LogP contribution in [0.3, 0.4) is 0 Å². The van der Waals surface area contributed by atoms with Crippen LogP contribution >= 0.6 is 11.8 Å². The molecule has 4 rings (SSSR count). The van der Waals surface area contributed by atoms with Crippen LogP contribution in [0, 0.1) is 0 Å². The van der Waals surface area contributed by atoms with Crippen molar-refractivity contribution in [1.82, 2.24) is 29.4 Å². The molecule has 1 N–H and O–H groups in total. The molecule has 1 aromatic carbocycles. The predicted octanol–water partition coefficient (Wildman–Crippen LogP) is 2.31. The van der Waals surface area contributed by atoms with Crippen LogP contribution in [0.25, 0.3) is 16.7 Å². The number of piperidine rings is 1. The summed E-state index contributed by atoms with van der Waals surface area (Å²) in [6, 6.07) is 7.38. The molecule has 0 bridgehead atoms. The van der Waals surface area contributed by atoms with Crippen molar-refractivity contribution < 1.29 is 4.79 Å². The highest BCUT2D eigenvalue weighted by molar-refractivity contribution is 7.99. The summed E-state index contributed by atoms with van der Waals surface area (Å²) in [5.41, 5.74) is 0.607. The van der Waals surface area contributed by atoms with Gasteiger partial charge in [0.2, 0.25) is 11.7 Å². The van der Waals surface area contributed by atoms with Gasteiger partial charge in [0.05, 0.1) is 16.7 Å². The monoisotopic (exact) mass is 440 g/mol. The smallest absolute Gasteiger partial charge is 0.263 e. The van der Waals surface area contributed by atoms with E-state index < -0.39 is 0 Å². The van der Waals surface area contributed by atoms with Gasteiger partial charge < -0.3 is 10.2 Å². The van der Waals surface area contributed by atoms with E-state index in [2.05, 4.69) is 27.0 Å². The van der Waals surface area contributed by atoms with Gasteiger partial charge in [0.25, 0.3) is 5.56 Å². The van der Waals surface area contributed by atoms with Gasteiger partial charge in [-0.1, -0.05) is 36.4 Å². The third-order valence-electron chi connectivity index (χ3n) is 5.54. The van der Waals surface area contributed by atoms with E-state index in [0.29, 0.717) is 29.4 Å². The molecule has 3 heterocycles. The largest absolute Gasteiger partial charge is 0.355 e. The minimum Gasteiger partial charge on any atom is -0.355 e. The Morgan fingerprint density at radius 1 is 1.19 bits per heavy atom. The minimum atomic E-state index is -0.126. The first-order valence-corrected chi connectivity index (χ1v) is 11.8. The number of thioether (sulfide) groups is 1. The number of nitrogens with zero attached hydrogens (tertiary/aromatic N) is 5. The van der Waals surface area contributed by atoms with E-state index in [1.807, 2.05) is 22.6 Å². The third-order valence-corrected chi connectivity index (χ3v) is 6.47. The number of allylic oxidation sites excluding steroid dienone is 1. The quantitative estimate of drug-likeness (QED) is 0.312. The molecule has 31 heavy (non-hydrogen) atoms. The molecule has 3 aromatic rings. The van der Waals surface area contributed by atoms with Gasteiger partial charge in [0.1, 0.15) is 0 Å². The summed E-state index contributed by atoms with van der Waals surface area (Å²) in [5.74, 6) is 0.677. The number of rotatable bonds is 9. The highest BCUT2D eigenvalue weighted by Gasteiger charge is 2.17. The summed E-state index contributed by atoms with van der Waals surface area (Å²) in [6.45, 7) is 8.14. The maximum absolute atomic E-state index is 12.8. The van der Waals surface area contributed by atoms with Crippen LogP contribution in [0.15, 0.2) is 46.9 Å². The van der Waals surface area contributed by atoms with Gasteiger partial charge in [-0.2, -0.15) is 0 Å². The van der Waals surface area contributed by atoms with Gasteiger partial charge in [0.15, 0.2) is 5.16 Å². The lowest BCUT2D eigenvalue weighted by atomic mass is 10.1. The van der Waals surface area contributed by atoms with Gasteiger partial charge in [0, 0.05) is 13.1 Å². The molecule has 1 aliphatic rings. The summed E-state index contributed by atoms with van der Waals surface area (Å²) in [4.78, 5) is 27.6. The molecular weight excluding hydrogens is 412 g/mol. The van der Waals surface area contributed by atoms with Gasteiger partial charge in [-0.05, 0) is 51.0 Å². The fourth-order valence-corrected chi connectivity index (χ4v) is 4.79. The Kier molecular flexibility index (Phi) is 7.03. The summed E-state index contributed by atoms with van der Waals surface area (Å²) < 4.78 is 3.39. The van der Waals surface area contributed by atoms with E-state index in [4.69, 9.17) is 0 Å². The van der Waals surface area contributed by atoms with Crippen LogP contribution < -0.4 is 10.9 Å². The van der Waals surface area contributed by atoms with Crippen molar-refractivity contribution >= 4 is 34.3 Å². The number of aromatic nitrogens is 4. The standard InChI is InChI=1S/C22H28N6O2S/c1-2-12-27-20(30)17-9-4-5-10-18(17)28-21(27)24-25-22(28)31-16-19(29)23-11-8-15-26-13-6-3-7-14-26/h2,4-5,9-10H,1,3,6-8,11-16H2,(H,23,29). The first-order valence-electron chi connectivity index (χ1n) is 10.8. The van der Waals surface area contributed by atoms with E-state index in [-0.39, 0.29) is 17.2 Å². The number of likely N-dealkylation sites (tertiary alicyclic amines) is 1. The van der Waals surface area contributed by atoms with Crippen molar-refractivity contribution in [3.63, 3.8) is 0 Å². The summed E-state index contributed by atoms with van der Waals surface area (Å²) in [6.07, 6.45) is 6.52. The Labute approximate surface area is 185 Å². The molecule has 2 aromatic heterocycles. The maximum atomic E-state index is 12.8. The molecule has 0 radical (unpaired) electrons. The molecule has 1 amide bonds. The highest BCUT2D eigenvalue weighted by Crippen LogP contribution is 2.21. The molecule has 9 heteroatoms. The molecule has 164 valence electrons. The molecule has 0 atom stereocenters. The Balaban J connectivity index is 1.42. The van der Waals surface area contributed by atoms with Crippen LogP contribution in [-0.4, -0.2) is 61.9 Å². The average Bonchev–Trinajstić information content (AvgIpc) is 3.23. The van der Waals surface area contributed by atoms with Crippen LogP contribution in [0.5, 0.6) is 0 Å². The molecule has 1 saturated heterocycles. The number of amides is 1. The predicted molar refractivity (Wildman–Crippen MR) is 124 cm³/mol. The number of benzene rings is 1. The normalized spacial score (nSPS) is 14.8. The second kappa shape index (κ2) is 10.1. The lowest BCUT2D eigenvalue weighted by Gasteiger charge is -2.26. The Morgan fingerprint density at radius 3 is 2.81 bits per heavy atom. The zero-order chi connectivity index (χ0) is 21.6. The number of hydrogen-bond donors (Lipinski definition) is 1. The van der Waals surface area contributed by atoms with Crippen LogP contribution in [0.2, 0.25) is 0 Å². The molecular formula is C22H28N6O2S. The SMILES string of the molecule is C=CCn1c(=O)c2ccccc2n2c(SCC(=O)NCCCN3CCCCC3)nnc12. The summed E-state index contributed by atoms with van der Waals surface area (Å²) in [7, 11) is 0. The second-order valence-corrected chi connectivity index (χ2v) is 8.68. The van der Waals surface area contributed by atoms with E-state index in [1.54, 1.807) is 16.7 Å². The lowest BCUT2D eigenvalue weighted by Crippen LogP contribution is -2.33. The topological polar surface area (TPSA) is 84.5 Å². The molecule has 0 saturated carbocycles. The zero-order valence-electron chi connectivity index (χ0n) is 17.6. The first kappa shape index (κ1) is 21.6. The molecule has 1 fully saturated rings. The Hall–Kier alpha value is -2.65. The average molecular weight is 441 g/mol. The van der Waals surface area contributed by atoms with Crippen LogP contribution in [0.1, 0.15) is 25.7 Å². The van der Waals surface area contributed by atoms with Gasteiger partial charge in [-0.15, -0.1) is 16.8 Å². The molecule has 1 aliphatic heterocycles. The number of fused-ring (bicyclic) bond motifs is 3. The minimum absolute atomic E-state index is 0.0240. The van der Waals surface area contributed by atoms with E-state index in [1.165, 1.54) is 44.1 Å². The molecule has 8 nitrogen and oxygen atoms in total. The maximum Gasteiger partial charge on any atom is 0.263 e. The van der Waals surface area contributed by atoms with Crippen molar-refractivity contribution in [1.29, 1.82) is 0 Å². The second-order valence-electron chi connectivity index (χ2n) is 7.73. The lowest BCUT2D eigenvalue weighted by molar-refractivity contribution is -0.118. The van der Waals surface area contributed by atoms with Crippen molar-refractivity contribution in [2.45, 2.75) is 37.4 Å². The fourth-order valence-electron chi connectivity index (χ4n) is 4.02. The van der Waals surface area contributed by atoms with Crippen molar-refractivity contribution in [3.8, 4) is 0 Å². The van der Waals surface area contributed by atoms with Crippen molar-refractivity contribution in [2.24, 2.45) is 0 Å². The molecule has 0 unspecified atom stereocenters. The fraction of sp³-hybridized carbons (Fsp3) is 0.455. The van der Waals surface area contributed by atoms with Crippen molar-refractivity contribution in [2.75, 3.05) is 31.9 Å². The Morgan fingerprint density at radius 2 is 2.00 bits per heavy atom. The van der Waals surface area contributed by atoms with E-state index in [9.17, 15) is 9.59 Å². The number of nitrogens with one attached hydrogen (secondary N) is 1. The molecule has 0 aliphatic carbocycles. The Bertz CT molecular complexity index is 1130. The van der Waals surface area contributed by atoms with E-state index >= 15 is 0 Å². The number of hydrogen-bond acceptors (Lipinski definition) is 6. The number of para-hydroxylation sites is 1. The van der Waals surface area contributed by atoms with Crippen LogP contribution in [-0.2, 0) is 11.3 Å². The van der Waals surface area contributed by atoms with Gasteiger partial charge >= 0.3 is 0 Å². The number of carbonyl (C=O) groups excluding carboxylic acids is 1. The van der Waals surface area contributed by atoms with Gasteiger partial charge in [-0.3, -0.25) is 18.6 Å². The highest BCUT2D eigenvalue weighted by atomic mass is 32.2. The third kappa shape index (κ3) is 4.83. The van der Waals surface area contributed by atoms with Gasteiger partial charge in [-0.25, -0.2) is 0 Å². The van der Waals surface area contributed by atoms with Crippen LogP contribution in [0.4, 0.5) is 0 Å². The summed E-state index contributed by atoms with van der Waals surface area (Å²) >= 11 is 1.32. The first-order chi connectivity index (χ1) is 15.2. The number of carbonyl (C=O) groups is 1.